The van der Waals surface area contributed by atoms with Gasteiger partial charge in [0.25, 0.3) is 0 Å². The lowest BCUT2D eigenvalue weighted by Crippen LogP contribution is -2.34. The van der Waals surface area contributed by atoms with E-state index in [9.17, 15) is 0 Å². The quantitative estimate of drug-likeness (QED) is 0.136. The molecule has 0 aromatic heterocycles. The predicted molar refractivity (Wildman–Crippen MR) is 362 cm³/mol. The zero-order valence-electron chi connectivity index (χ0n) is 58.6. The molecule has 1 unspecified atom stereocenters. The number of allylic oxidation sites excluding steroid dienone is 3. The average molecular weight is 1120 g/mol. The molecule has 0 amide bonds. The third-order valence-corrected chi connectivity index (χ3v) is 18.2. The highest BCUT2D eigenvalue weighted by Crippen LogP contribution is 2.38. The van der Waals surface area contributed by atoms with Crippen LogP contribution in [-0.4, -0.2) is 78.5 Å². The fourth-order valence-electron chi connectivity index (χ4n) is 11.9. The Morgan fingerprint density at radius 1 is 0.275 bits per heavy atom. The summed E-state index contributed by atoms with van der Waals surface area (Å²) < 4.78 is 0. The van der Waals surface area contributed by atoms with Crippen LogP contribution in [0.3, 0.4) is 0 Å². The van der Waals surface area contributed by atoms with Gasteiger partial charge >= 0.3 is 0 Å². The summed E-state index contributed by atoms with van der Waals surface area (Å²) in [4.78, 5) is 0. The first-order chi connectivity index (χ1) is 36.8. The molecule has 6 aliphatic heterocycles. The Morgan fingerprint density at radius 3 is 1.01 bits per heavy atom. The van der Waals surface area contributed by atoms with Gasteiger partial charge in [0.05, 0.1) is 0 Å². The minimum absolute atomic E-state index is 0.378. The van der Waals surface area contributed by atoms with Gasteiger partial charge in [0.1, 0.15) is 0 Å². The molecule has 1 atom stereocenters. The summed E-state index contributed by atoms with van der Waals surface area (Å²) in [5.41, 5.74) is 11.6. The smallest absolute Gasteiger partial charge is 0.0173 e. The molecule has 8 rings (SSSR count). The van der Waals surface area contributed by atoms with Crippen molar-refractivity contribution in [2.75, 3.05) is 78.5 Å². The maximum absolute atomic E-state index is 3.40. The summed E-state index contributed by atoms with van der Waals surface area (Å²) in [6.07, 6.45) is 35.0. The highest BCUT2D eigenvalue weighted by molar-refractivity contribution is 5.18. The van der Waals surface area contributed by atoms with Crippen molar-refractivity contribution in [1.29, 1.82) is 0 Å². The second-order valence-corrected chi connectivity index (χ2v) is 33.5. The molecule has 6 heteroatoms. The first-order valence-electron chi connectivity index (χ1n) is 33.6. The minimum Gasteiger partial charge on any atom is -0.317 e. The molecule has 80 heavy (non-hydrogen) atoms. The van der Waals surface area contributed by atoms with E-state index in [2.05, 4.69) is 228 Å². The van der Waals surface area contributed by atoms with Gasteiger partial charge in [-0.05, 0) is 203 Å². The minimum atomic E-state index is 0.378. The van der Waals surface area contributed by atoms with Crippen molar-refractivity contribution in [3.05, 3.63) is 58.2 Å². The molecule has 2 aliphatic carbocycles. The normalized spacial score (nSPS) is 22.1. The monoisotopic (exact) mass is 1120 g/mol. The van der Waals surface area contributed by atoms with Crippen molar-refractivity contribution < 1.29 is 0 Å². The average Bonchev–Trinajstić information content (AvgIpc) is 3.99. The SMILES string of the molecule is CC(C)(C)C1=CCCCC1.CC(C)(C)C1=CCCNCC1.CC(C)(C)C1=CCNC1.CC(C)(C)C1=CCNCC1.CC(C)(C)C1=CCNCCC1.CC(C)(C)C1CCCCC1.CC(C)(C)C1CCNC1.CC(C)(C)C1CCNCC1. The van der Waals surface area contributed by atoms with Crippen molar-refractivity contribution in [1.82, 2.24) is 31.9 Å². The summed E-state index contributed by atoms with van der Waals surface area (Å²) in [6, 6.07) is 0. The third kappa shape index (κ3) is 35.7. The first kappa shape index (κ1) is 76.5. The second-order valence-electron chi connectivity index (χ2n) is 33.5. The van der Waals surface area contributed by atoms with Gasteiger partial charge in [-0.25, -0.2) is 0 Å². The lowest BCUT2D eigenvalue weighted by Gasteiger charge is -2.34. The molecule has 0 spiro atoms. The molecule has 2 saturated heterocycles. The lowest BCUT2D eigenvalue weighted by molar-refractivity contribution is 0.180. The Bertz CT molecular complexity index is 1660. The van der Waals surface area contributed by atoms with Gasteiger partial charge in [0.15, 0.2) is 0 Å². The van der Waals surface area contributed by atoms with E-state index in [-0.39, 0.29) is 0 Å². The van der Waals surface area contributed by atoms with Gasteiger partial charge in [0, 0.05) is 26.2 Å². The molecule has 8 aliphatic rings. The van der Waals surface area contributed by atoms with E-state index in [1.807, 2.05) is 0 Å². The molecule has 470 valence electrons. The van der Waals surface area contributed by atoms with E-state index in [0.717, 1.165) is 63.6 Å². The number of hydrogen-bond donors (Lipinski definition) is 6. The van der Waals surface area contributed by atoms with Crippen molar-refractivity contribution in [2.45, 2.75) is 275 Å². The van der Waals surface area contributed by atoms with Gasteiger partial charge in [-0.15, -0.1) is 0 Å². The van der Waals surface area contributed by atoms with E-state index in [4.69, 9.17) is 0 Å². The van der Waals surface area contributed by atoms with Crippen LogP contribution in [0.4, 0.5) is 0 Å². The maximum atomic E-state index is 3.40. The van der Waals surface area contributed by atoms with Crippen LogP contribution in [0, 0.1) is 61.1 Å². The van der Waals surface area contributed by atoms with Crippen LogP contribution in [0.2, 0.25) is 0 Å². The summed E-state index contributed by atoms with van der Waals surface area (Å²) in [6.45, 7) is 69.3. The van der Waals surface area contributed by atoms with E-state index >= 15 is 0 Å². The van der Waals surface area contributed by atoms with E-state index < -0.39 is 0 Å². The van der Waals surface area contributed by atoms with Gasteiger partial charge in [0.2, 0.25) is 0 Å². The standard InChI is InChI=1S/2C10H19N.C10H20.C10H18.C9H19N.C9H17N.C8H17N.C8H15N/c2*1-10(2,3)9-5-4-7-11-8-6-9;2*1-10(2,3)9-7-5-4-6-8-9;2*1-9(2,3)8-4-6-10-7-5-8;2*1-8(2,3)7-4-5-9-6-7/h6,11H,4-5,7-8H2,1-3H3;5,11H,4,6-8H2,1-3H3;9H,4-8H2,1-3H3;7H,4-6,8H2,1-3H3;8,10H,4-7H2,1-3H3;4,10H,5-7H2,1-3H3;7,9H,4-6H2,1-3H3;4,9H,5-6H2,1-3H3. The van der Waals surface area contributed by atoms with Crippen LogP contribution in [0.1, 0.15) is 275 Å². The summed E-state index contributed by atoms with van der Waals surface area (Å²) in [5, 5.41) is 20.1. The Kier molecular flexibility index (Phi) is 35.5. The molecule has 3 fully saturated rings. The van der Waals surface area contributed by atoms with Crippen molar-refractivity contribution >= 4 is 0 Å². The van der Waals surface area contributed by atoms with Crippen LogP contribution >= 0.6 is 0 Å². The van der Waals surface area contributed by atoms with Crippen LogP contribution in [0.25, 0.3) is 0 Å². The van der Waals surface area contributed by atoms with Gasteiger partial charge < -0.3 is 31.9 Å². The number of rotatable bonds is 0. The Morgan fingerprint density at radius 2 is 0.650 bits per heavy atom. The predicted octanol–water partition coefficient (Wildman–Crippen LogP) is 19.0. The van der Waals surface area contributed by atoms with Gasteiger partial charge in [-0.1, -0.05) is 244 Å². The maximum Gasteiger partial charge on any atom is 0.0173 e. The van der Waals surface area contributed by atoms with Gasteiger partial charge in [-0.3, -0.25) is 0 Å². The Balaban J connectivity index is 0.000000458. The molecule has 0 bridgehead atoms. The topological polar surface area (TPSA) is 72.2 Å². The van der Waals surface area contributed by atoms with Crippen LogP contribution < -0.4 is 31.9 Å². The number of piperidine rings is 1. The number of hydrogen-bond acceptors (Lipinski definition) is 6. The van der Waals surface area contributed by atoms with E-state index in [1.54, 1.807) is 27.9 Å². The zero-order chi connectivity index (χ0) is 60.9. The first-order valence-corrected chi connectivity index (χ1v) is 33.6. The van der Waals surface area contributed by atoms with Crippen molar-refractivity contribution in [2.24, 2.45) is 61.1 Å². The van der Waals surface area contributed by atoms with Crippen LogP contribution in [-0.2, 0) is 0 Å². The molecular weight excluding hydrogens is 973 g/mol. The van der Waals surface area contributed by atoms with E-state index in [1.165, 1.54) is 142 Å². The van der Waals surface area contributed by atoms with Crippen molar-refractivity contribution in [3.63, 3.8) is 0 Å². The summed E-state index contributed by atoms with van der Waals surface area (Å²) >= 11 is 0. The Labute approximate surface area is 502 Å². The highest BCUT2D eigenvalue weighted by atomic mass is 14.9. The molecule has 0 aromatic carbocycles. The molecular formula is C74H144N6. The lowest BCUT2D eigenvalue weighted by atomic mass is 9.72. The van der Waals surface area contributed by atoms with Crippen LogP contribution in [0.15, 0.2) is 58.2 Å². The highest BCUT2D eigenvalue weighted by Gasteiger charge is 2.28. The number of nitrogens with one attached hydrogen (secondary N) is 6. The van der Waals surface area contributed by atoms with E-state index in [0.29, 0.717) is 43.3 Å². The fraction of sp³-hybridized carbons (Fsp3) is 0.865. The molecule has 6 heterocycles. The van der Waals surface area contributed by atoms with Crippen molar-refractivity contribution in [3.8, 4) is 0 Å². The largest absolute Gasteiger partial charge is 0.317 e. The molecule has 6 N–H and O–H groups in total. The second kappa shape index (κ2) is 37.1. The summed E-state index contributed by atoms with van der Waals surface area (Å²) in [7, 11) is 0. The fourth-order valence-corrected chi connectivity index (χ4v) is 11.9. The zero-order valence-corrected chi connectivity index (χ0v) is 58.6. The molecule has 0 aromatic rings. The molecule has 0 radical (unpaired) electrons. The summed E-state index contributed by atoms with van der Waals surface area (Å²) in [5.74, 6) is 2.84. The van der Waals surface area contributed by atoms with Crippen LogP contribution in [0.5, 0.6) is 0 Å². The van der Waals surface area contributed by atoms with Gasteiger partial charge in [-0.2, -0.15) is 0 Å². The Hall–Kier alpha value is -1.54. The third-order valence-electron chi connectivity index (χ3n) is 18.2. The molecule has 1 saturated carbocycles. The molecule has 6 nitrogen and oxygen atoms in total.